The third-order valence-electron chi connectivity index (χ3n) is 5.13. The Morgan fingerprint density at radius 3 is 2.73 bits per heavy atom. The van der Waals surface area contributed by atoms with E-state index in [0.717, 1.165) is 53.0 Å². The lowest BCUT2D eigenvalue weighted by Crippen LogP contribution is -2.21. The largest absolute Gasteiger partial charge is 0.456 e. The lowest BCUT2D eigenvalue weighted by Gasteiger charge is -2.10. The van der Waals surface area contributed by atoms with E-state index in [1.54, 1.807) is 12.3 Å². The van der Waals surface area contributed by atoms with Crippen molar-refractivity contribution in [1.82, 2.24) is 15.3 Å². The zero-order chi connectivity index (χ0) is 22.5. The summed E-state index contributed by atoms with van der Waals surface area (Å²) in [6, 6.07) is 21.0. The van der Waals surface area contributed by atoms with Crippen molar-refractivity contribution in [2.24, 2.45) is 0 Å². The smallest absolute Gasteiger partial charge is 0.227 e. The van der Waals surface area contributed by atoms with E-state index in [2.05, 4.69) is 38.5 Å². The number of aromatic nitrogens is 2. The van der Waals surface area contributed by atoms with Crippen molar-refractivity contribution in [1.29, 1.82) is 0 Å². The molecular weight excluding hydrogens is 432 g/mol. The summed E-state index contributed by atoms with van der Waals surface area (Å²) < 4.78 is 5.83. The van der Waals surface area contributed by atoms with E-state index in [0.29, 0.717) is 16.7 Å². The molecule has 33 heavy (non-hydrogen) atoms. The standard InChI is InChI=1S/C27H21ClN4O/c28-24-16-22(11-13-26(24)33-23-6-2-1-3-7-23)31-27-30-18-21-15-19(10-12-25(21)32-27)8-9-20-5-4-14-29-17-20/h1-3,5-7,10-13,15-16,18,29H,4,14,17H2,(H,30,31,32). The summed E-state index contributed by atoms with van der Waals surface area (Å²) in [6.07, 6.45) is 5.02. The molecule has 0 bridgehead atoms. The summed E-state index contributed by atoms with van der Waals surface area (Å²) in [7, 11) is 0. The van der Waals surface area contributed by atoms with Gasteiger partial charge in [0.2, 0.25) is 5.95 Å². The SMILES string of the molecule is Clc1cc(Nc2ncc3cc(C#CC4=CCCNC4)ccc3n2)ccc1Oc1ccccc1. The van der Waals surface area contributed by atoms with Crippen LogP contribution in [0.4, 0.5) is 11.6 Å². The van der Waals surface area contributed by atoms with Crippen LogP contribution in [0.15, 0.2) is 84.6 Å². The van der Waals surface area contributed by atoms with Crippen molar-refractivity contribution in [3.63, 3.8) is 0 Å². The first-order valence-electron chi connectivity index (χ1n) is 10.7. The Hall–Kier alpha value is -3.85. The molecule has 3 aromatic carbocycles. The van der Waals surface area contributed by atoms with Crippen molar-refractivity contribution in [2.75, 3.05) is 18.4 Å². The summed E-state index contributed by atoms with van der Waals surface area (Å²) in [5, 5.41) is 7.97. The number of fused-ring (bicyclic) bond motifs is 1. The number of anilines is 2. The van der Waals surface area contributed by atoms with E-state index in [-0.39, 0.29) is 0 Å². The summed E-state index contributed by atoms with van der Waals surface area (Å²) in [5.41, 5.74) is 3.69. The van der Waals surface area contributed by atoms with Gasteiger partial charge in [-0.25, -0.2) is 9.97 Å². The second-order valence-corrected chi connectivity index (χ2v) is 8.00. The second-order valence-electron chi connectivity index (χ2n) is 7.60. The van der Waals surface area contributed by atoms with E-state index in [1.165, 1.54) is 0 Å². The highest BCUT2D eigenvalue weighted by Gasteiger charge is 2.07. The molecule has 4 aromatic rings. The zero-order valence-electron chi connectivity index (χ0n) is 17.8. The molecule has 0 radical (unpaired) electrons. The number of ether oxygens (including phenoxy) is 1. The molecule has 0 atom stereocenters. The Labute approximate surface area is 197 Å². The van der Waals surface area contributed by atoms with Gasteiger partial charge in [-0.2, -0.15) is 0 Å². The molecule has 2 heterocycles. The summed E-state index contributed by atoms with van der Waals surface area (Å²) in [5.74, 6) is 8.29. The minimum Gasteiger partial charge on any atom is -0.456 e. The Bertz CT molecular complexity index is 1390. The predicted molar refractivity (Wildman–Crippen MR) is 133 cm³/mol. The van der Waals surface area contributed by atoms with Crippen LogP contribution in [0, 0.1) is 11.8 Å². The molecule has 0 unspecified atom stereocenters. The average molecular weight is 453 g/mol. The fraction of sp³-hybridized carbons (Fsp3) is 0.111. The van der Waals surface area contributed by atoms with Gasteiger partial charge in [0.25, 0.3) is 0 Å². The third-order valence-corrected chi connectivity index (χ3v) is 5.43. The number of nitrogens with one attached hydrogen (secondary N) is 2. The number of rotatable bonds is 4. The number of nitrogens with zero attached hydrogens (tertiary/aromatic N) is 2. The molecule has 0 fully saturated rings. The molecule has 1 aliphatic heterocycles. The highest BCUT2D eigenvalue weighted by molar-refractivity contribution is 6.32. The molecule has 5 nitrogen and oxygen atoms in total. The minimum absolute atomic E-state index is 0.493. The Kier molecular flexibility index (Phi) is 6.21. The normalized spacial score (nSPS) is 13.1. The maximum Gasteiger partial charge on any atom is 0.227 e. The van der Waals surface area contributed by atoms with Crippen LogP contribution >= 0.6 is 11.6 Å². The Morgan fingerprint density at radius 1 is 1.00 bits per heavy atom. The molecule has 162 valence electrons. The lowest BCUT2D eigenvalue weighted by molar-refractivity contribution is 0.483. The molecule has 5 rings (SSSR count). The summed E-state index contributed by atoms with van der Waals surface area (Å²) >= 11 is 6.42. The van der Waals surface area contributed by atoms with Gasteiger partial charge in [0.05, 0.1) is 10.5 Å². The first-order chi connectivity index (χ1) is 16.2. The lowest BCUT2D eigenvalue weighted by atomic mass is 10.1. The molecule has 1 aliphatic rings. The first kappa shape index (κ1) is 21.0. The van der Waals surface area contributed by atoms with Crippen LogP contribution in [0.25, 0.3) is 10.9 Å². The van der Waals surface area contributed by atoms with Crippen molar-refractivity contribution in [2.45, 2.75) is 6.42 Å². The van der Waals surface area contributed by atoms with Gasteiger partial charge in [-0.15, -0.1) is 0 Å². The minimum atomic E-state index is 0.493. The molecule has 0 amide bonds. The average Bonchev–Trinajstić information content (AvgIpc) is 2.86. The fourth-order valence-corrected chi connectivity index (χ4v) is 3.69. The van der Waals surface area contributed by atoms with E-state index >= 15 is 0 Å². The number of hydrogen-bond acceptors (Lipinski definition) is 5. The highest BCUT2D eigenvalue weighted by Crippen LogP contribution is 2.32. The Morgan fingerprint density at radius 2 is 1.91 bits per heavy atom. The summed E-state index contributed by atoms with van der Waals surface area (Å²) in [4.78, 5) is 9.06. The van der Waals surface area contributed by atoms with E-state index in [4.69, 9.17) is 16.3 Å². The van der Waals surface area contributed by atoms with Crippen molar-refractivity contribution in [3.05, 3.63) is 95.2 Å². The van der Waals surface area contributed by atoms with Crippen LogP contribution in [-0.4, -0.2) is 23.1 Å². The highest BCUT2D eigenvalue weighted by atomic mass is 35.5. The number of benzene rings is 3. The van der Waals surface area contributed by atoms with Gasteiger partial charge in [0.15, 0.2) is 0 Å². The van der Waals surface area contributed by atoms with Gasteiger partial charge in [0.1, 0.15) is 11.5 Å². The van der Waals surface area contributed by atoms with Crippen LogP contribution in [0.2, 0.25) is 5.02 Å². The maximum absolute atomic E-state index is 6.42. The number of halogens is 1. The monoisotopic (exact) mass is 452 g/mol. The quantitative estimate of drug-likeness (QED) is 0.367. The van der Waals surface area contributed by atoms with Gasteiger partial charge < -0.3 is 15.4 Å². The molecular formula is C27H21ClN4O. The number of para-hydroxylation sites is 1. The molecule has 0 aliphatic carbocycles. The third kappa shape index (κ3) is 5.32. The van der Waals surface area contributed by atoms with Gasteiger partial charge in [-0.3, -0.25) is 0 Å². The Balaban J connectivity index is 1.30. The van der Waals surface area contributed by atoms with Crippen LogP contribution < -0.4 is 15.4 Å². The van der Waals surface area contributed by atoms with Crippen LogP contribution in [0.5, 0.6) is 11.5 Å². The van der Waals surface area contributed by atoms with Gasteiger partial charge >= 0.3 is 0 Å². The van der Waals surface area contributed by atoms with E-state index < -0.39 is 0 Å². The maximum atomic E-state index is 6.42. The van der Waals surface area contributed by atoms with Crippen molar-refractivity contribution >= 4 is 34.1 Å². The van der Waals surface area contributed by atoms with Crippen molar-refractivity contribution in [3.8, 4) is 23.3 Å². The molecule has 0 spiro atoms. The predicted octanol–water partition coefficient (Wildman–Crippen LogP) is 6.09. The molecule has 6 heteroatoms. The van der Waals surface area contributed by atoms with Crippen LogP contribution in [0.1, 0.15) is 12.0 Å². The molecule has 0 saturated heterocycles. The van der Waals surface area contributed by atoms with Gasteiger partial charge in [-0.1, -0.05) is 47.7 Å². The fourth-order valence-electron chi connectivity index (χ4n) is 3.47. The van der Waals surface area contributed by atoms with E-state index in [9.17, 15) is 0 Å². The number of hydrogen-bond donors (Lipinski definition) is 2. The zero-order valence-corrected chi connectivity index (χ0v) is 18.6. The molecule has 1 aromatic heterocycles. The van der Waals surface area contributed by atoms with Crippen LogP contribution in [-0.2, 0) is 0 Å². The topological polar surface area (TPSA) is 59.1 Å². The molecule has 0 saturated carbocycles. The van der Waals surface area contributed by atoms with Crippen molar-refractivity contribution < 1.29 is 4.74 Å². The summed E-state index contributed by atoms with van der Waals surface area (Å²) in [6.45, 7) is 1.86. The second kappa shape index (κ2) is 9.74. The van der Waals surface area contributed by atoms with Gasteiger partial charge in [-0.05, 0) is 61.5 Å². The van der Waals surface area contributed by atoms with Gasteiger partial charge in [0, 0.05) is 35.0 Å². The van der Waals surface area contributed by atoms with E-state index in [1.807, 2.05) is 60.7 Å². The molecule has 2 N–H and O–H groups in total. The first-order valence-corrected chi connectivity index (χ1v) is 11.1. The van der Waals surface area contributed by atoms with Crippen LogP contribution in [0.3, 0.4) is 0 Å².